The van der Waals surface area contributed by atoms with Crippen molar-refractivity contribution in [3.8, 4) is 10.8 Å². The van der Waals surface area contributed by atoms with Crippen molar-refractivity contribution < 1.29 is 0 Å². The molecule has 102 valence electrons. The van der Waals surface area contributed by atoms with E-state index in [0.29, 0.717) is 0 Å². The van der Waals surface area contributed by atoms with Crippen LogP contribution < -0.4 is 5.32 Å². The molecule has 1 N–H and O–H groups in total. The fraction of sp³-hybridized carbons (Fsp3) is 0.462. The molecule has 0 saturated carbocycles. The summed E-state index contributed by atoms with van der Waals surface area (Å²) in [6.07, 6.45) is 1.98. The number of aromatic nitrogens is 3. The number of hydrogen-bond donors (Lipinski definition) is 1. The zero-order chi connectivity index (χ0) is 13.8. The predicted octanol–water partition coefficient (Wildman–Crippen LogP) is 3.90. The molecule has 2 aromatic heterocycles. The van der Waals surface area contributed by atoms with Crippen LogP contribution in [0.25, 0.3) is 10.8 Å². The SMILES string of the molecule is CCCNc1nc(-c2nc(C)cs2)nc(CC)c1I. The van der Waals surface area contributed by atoms with Crippen molar-refractivity contribution in [1.82, 2.24) is 15.0 Å². The normalized spacial score (nSPS) is 10.7. The van der Waals surface area contributed by atoms with Crippen molar-refractivity contribution in [2.24, 2.45) is 0 Å². The molecular weight excluding hydrogens is 371 g/mol. The Morgan fingerprint density at radius 3 is 2.63 bits per heavy atom. The second-order valence-electron chi connectivity index (χ2n) is 4.23. The summed E-state index contributed by atoms with van der Waals surface area (Å²) in [6, 6.07) is 0. The third kappa shape index (κ3) is 3.42. The molecule has 4 nitrogen and oxygen atoms in total. The van der Waals surface area contributed by atoms with E-state index in [4.69, 9.17) is 0 Å². The monoisotopic (exact) mass is 388 g/mol. The molecule has 0 atom stereocenters. The Balaban J connectivity index is 2.44. The van der Waals surface area contributed by atoms with Crippen molar-refractivity contribution in [1.29, 1.82) is 0 Å². The average Bonchev–Trinajstić information content (AvgIpc) is 2.84. The Labute approximate surface area is 131 Å². The molecule has 0 bridgehead atoms. The molecule has 0 radical (unpaired) electrons. The van der Waals surface area contributed by atoms with Crippen LogP contribution in [0.3, 0.4) is 0 Å². The highest BCUT2D eigenvalue weighted by molar-refractivity contribution is 14.1. The lowest BCUT2D eigenvalue weighted by molar-refractivity contribution is 0.942. The van der Waals surface area contributed by atoms with Crippen LogP contribution in [0.2, 0.25) is 0 Å². The van der Waals surface area contributed by atoms with E-state index >= 15 is 0 Å². The van der Waals surface area contributed by atoms with Gasteiger partial charge in [-0.3, -0.25) is 0 Å². The lowest BCUT2D eigenvalue weighted by atomic mass is 10.3. The third-order valence-electron chi connectivity index (χ3n) is 2.61. The van der Waals surface area contributed by atoms with Crippen molar-refractivity contribution in [3.63, 3.8) is 0 Å². The molecule has 0 amide bonds. The summed E-state index contributed by atoms with van der Waals surface area (Å²) in [4.78, 5) is 13.7. The number of rotatable bonds is 5. The van der Waals surface area contributed by atoms with E-state index in [0.717, 1.165) is 51.0 Å². The molecule has 19 heavy (non-hydrogen) atoms. The molecule has 0 fully saturated rings. The fourth-order valence-electron chi connectivity index (χ4n) is 1.64. The van der Waals surface area contributed by atoms with E-state index < -0.39 is 0 Å². The smallest absolute Gasteiger partial charge is 0.191 e. The minimum atomic E-state index is 0.731. The van der Waals surface area contributed by atoms with Crippen molar-refractivity contribution in [2.45, 2.75) is 33.6 Å². The molecule has 0 saturated heterocycles. The van der Waals surface area contributed by atoms with E-state index in [1.807, 2.05) is 12.3 Å². The summed E-state index contributed by atoms with van der Waals surface area (Å²) in [5.74, 6) is 1.66. The highest BCUT2D eigenvalue weighted by Gasteiger charge is 2.14. The van der Waals surface area contributed by atoms with Crippen LogP contribution >= 0.6 is 33.9 Å². The molecule has 2 aromatic rings. The fourth-order valence-corrected chi connectivity index (χ4v) is 3.18. The van der Waals surface area contributed by atoms with Gasteiger partial charge in [-0.2, -0.15) is 0 Å². The standard InChI is InChI=1S/C13H17IN4S/c1-4-6-15-11-10(14)9(5-2)17-12(18-11)13-16-8(3)7-19-13/h7H,4-6H2,1-3H3,(H,15,17,18). The van der Waals surface area contributed by atoms with Crippen LogP contribution in [0.4, 0.5) is 5.82 Å². The molecule has 0 aliphatic carbocycles. The van der Waals surface area contributed by atoms with E-state index in [9.17, 15) is 0 Å². The van der Waals surface area contributed by atoms with Crippen LogP contribution in [0.5, 0.6) is 0 Å². The van der Waals surface area contributed by atoms with Crippen LogP contribution in [0, 0.1) is 10.5 Å². The third-order valence-corrected chi connectivity index (χ3v) is 4.70. The van der Waals surface area contributed by atoms with Gasteiger partial charge in [-0.05, 0) is 42.4 Å². The minimum absolute atomic E-state index is 0.731. The second kappa shape index (κ2) is 6.60. The van der Waals surface area contributed by atoms with Crippen LogP contribution in [-0.2, 0) is 6.42 Å². The van der Waals surface area contributed by atoms with Gasteiger partial charge in [0.25, 0.3) is 0 Å². The number of thiazole rings is 1. The minimum Gasteiger partial charge on any atom is -0.369 e. The Kier molecular flexibility index (Phi) is 5.09. The quantitative estimate of drug-likeness (QED) is 0.790. The molecule has 0 aliphatic rings. The van der Waals surface area contributed by atoms with E-state index in [-0.39, 0.29) is 0 Å². The largest absolute Gasteiger partial charge is 0.369 e. The summed E-state index contributed by atoms with van der Waals surface area (Å²) < 4.78 is 1.12. The van der Waals surface area contributed by atoms with Gasteiger partial charge in [-0.1, -0.05) is 13.8 Å². The van der Waals surface area contributed by atoms with Gasteiger partial charge in [0.15, 0.2) is 10.8 Å². The molecule has 0 aromatic carbocycles. The Bertz CT molecular complexity index is 568. The number of aryl methyl sites for hydroxylation is 2. The van der Waals surface area contributed by atoms with E-state index in [2.05, 4.69) is 56.7 Å². The summed E-state index contributed by atoms with van der Waals surface area (Å²) in [6.45, 7) is 7.17. The van der Waals surface area contributed by atoms with Crippen molar-refractivity contribution in [2.75, 3.05) is 11.9 Å². The zero-order valence-corrected chi connectivity index (χ0v) is 14.3. The lowest BCUT2D eigenvalue weighted by Gasteiger charge is -2.10. The molecule has 0 spiro atoms. The Morgan fingerprint density at radius 2 is 2.05 bits per heavy atom. The van der Waals surface area contributed by atoms with E-state index in [1.165, 1.54) is 0 Å². The maximum Gasteiger partial charge on any atom is 0.191 e. The van der Waals surface area contributed by atoms with Gasteiger partial charge in [0.05, 0.1) is 9.26 Å². The van der Waals surface area contributed by atoms with Crippen molar-refractivity contribution >= 4 is 39.7 Å². The molecule has 2 rings (SSSR count). The lowest BCUT2D eigenvalue weighted by Crippen LogP contribution is -2.08. The van der Waals surface area contributed by atoms with Crippen LogP contribution in [-0.4, -0.2) is 21.5 Å². The molecule has 0 unspecified atom stereocenters. The first-order valence-electron chi connectivity index (χ1n) is 6.38. The first kappa shape index (κ1) is 14.6. The summed E-state index contributed by atoms with van der Waals surface area (Å²) in [7, 11) is 0. The number of nitrogens with one attached hydrogen (secondary N) is 1. The van der Waals surface area contributed by atoms with Gasteiger partial charge in [-0.25, -0.2) is 15.0 Å². The first-order chi connectivity index (χ1) is 9.15. The first-order valence-corrected chi connectivity index (χ1v) is 8.34. The molecule has 2 heterocycles. The van der Waals surface area contributed by atoms with Gasteiger partial charge in [0.1, 0.15) is 5.82 Å². The molecule has 0 aliphatic heterocycles. The highest BCUT2D eigenvalue weighted by Crippen LogP contribution is 2.26. The van der Waals surface area contributed by atoms with Gasteiger partial charge >= 0.3 is 0 Å². The molecule has 6 heteroatoms. The predicted molar refractivity (Wildman–Crippen MR) is 88.8 cm³/mol. The molecular formula is C13H17IN4S. The number of hydrogen-bond acceptors (Lipinski definition) is 5. The van der Waals surface area contributed by atoms with Crippen molar-refractivity contribution in [3.05, 3.63) is 20.3 Å². The van der Waals surface area contributed by atoms with Crippen LogP contribution in [0.15, 0.2) is 5.38 Å². The second-order valence-corrected chi connectivity index (χ2v) is 6.17. The van der Waals surface area contributed by atoms with Gasteiger partial charge < -0.3 is 5.32 Å². The number of anilines is 1. The number of nitrogens with zero attached hydrogens (tertiary/aromatic N) is 3. The average molecular weight is 388 g/mol. The summed E-state index contributed by atoms with van der Waals surface area (Å²) in [5.41, 5.74) is 2.10. The highest BCUT2D eigenvalue weighted by atomic mass is 127. The van der Waals surface area contributed by atoms with Crippen LogP contribution in [0.1, 0.15) is 31.7 Å². The number of halogens is 1. The van der Waals surface area contributed by atoms with E-state index in [1.54, 1.807) is 11.3 Å². The summed E-state index contributed by atoms with van der Waals surface area (Å²) in [5, 5.41) is 6.29. The van der Waals surface area contributed by atoms with Gasteiger partial charge in [0.2, 0.25) is 0 Å². The Morgan fingerprint density at radius 1 is 1.26 bits per heavy atom. The Hall–Kier alpha value is -0.760. The maximum absolute atomic E-state index is 4.63. The topological polar surface area (TPSA) is 50.7 Å². The van der Waals surface area contributed by atoms with Gasteiger partial charge in [-0.15, -0.1) is 11.3 Å². The maximum atomic E-state index is 4.63. The summed E-state index contributed by atoms with van der Waals surface area (Å²) >= 11 is 3.91. The van der Waals surface area contributed by atoms with Gasteiger partial charge in [0, 0.05) is 17.6 Å². The zero-order valence-electron chi connectivity index (χ0n) is 11.3.